The van der Waals surface area contributed by atoms with Crippen LogP contribution in [0.5, 0.6) is 0 Å². The molecule has 1 aromatic heterocycles. The van der Waals surface area contributed by atoms with E-state index in [0.29, 0.717) is 6.04 Å². The highest BCUT2D eigenvalue weighted by molar-refractivity contribution is 5.18. The van der Waals surface area contributed by atoms with Gasteiger partial charge in [0.05, 0.1) is 18.1 Å². The van der Waals surface area contributed by atoms with Gasteiger partial charge in [-0.3, -0.25) is 0 Å². The molecule has 1 aromatic rings. The Morgan fingerprint density at radius 3 is 3.45 bits per heavy atom. The Morgan fingerprint density at radius 1 is 1.73 bits per heavy atom. The minimum absolute atomic E-state index is 0.477. The Kier molecular flexibility index (Phi) is 1.66. The molecule has 1 aliphatic heterocycles. The van der Waals surface area contributed by atoms with Gasteiger partial charge >= 0.3 is 0 Å². The number of imidazole rings is 1. The van der Waals surface area contributed by atoms with E-state index in [4.69, 9.17) is 0 Å². The van der Waals surface area contributed by atoms with E-state index in [1.165, 1.54) is 11.4 Å². The van der Waals surface area contributed by atoms with E-state index in [9.17, 15) is 0 Å². The molecule has 1 aliphatic rings. The van der Waals surface area contributed by atoms with Crippen molar-refractivity contribution in [2.45, 2.75) is 25.8 Å². The fourth-order valence-electron chi connectivity index (χ4n) is 1.64. The lowest BCUT2D eigenvalue weighted by Crippen LogP contribution is -2.29. The van der Waals surface area contributed by atoms with E-state index in [1.807, 2.05) is 0 Å². The number of nitrogens with one attached hydrogen (secondary N) is 2. The van der Waals surface area contributed by atoms with E-state index in [-0.39, 0.29) is 0 Å². The summed E-state index contributed by atoms with van der Waals surface area (Å²) in [5.74, 6) is 0. The first-order chi connectivity index (χ1) is 5.42. The zero-order chi connectivity index (χ0) is 7.68. The van der Waals surface area contributed by atoms with Gasteiger partial charge < -0.3 is 10.3 Å². The Bertz CT molecular complexity index is 241. The summed E-state index contributed by atoms with van der Waals surface area (Å²) < 4.78 is 0. The average Bonchev–Trinajstić information content (AvgIpc) is 2.50. The molecule has 0 saturated carbocycles. The Morgan fingerprint density at radius 2 is 2.64 bits per heavy atom. The van der Waals surface area contributed by atoms with Gasteiger partial charge in [0.1, 0.15) is 0 Å². The lowest BCUT2D eigenvalue weighted by molar-refractivity contribution is 0.480. The fourth-order valence-corrected chi connectivity index (χ4v) is 1.64. The predicted octanol–water partition coefficient (Wildman–Crippen LogP) is 1.01. The van der Waals surface area contributed by atoms with Crippen LogP contribution in [0.2, 0.25) is 0 Å². The van der Waals surface area contributed by atoms with Gasteiger partial charge in [0, 0.05) is 18.7 Å². The second-order valence-electron chi connectivity index (χ2n) is 2.93. The maximum atomic E-state index is 4.29. The summed E-state index contributed by atoms with van der Waals surface area (Å²) in [6, 6.07) is 0.477. The van der Waals surface area contributed by atoms with Crippen molar-refractivity contribution in [2.24, 2.45) is 0 Å². The second kappa shape index (κ2) is 2.66. The van der Waals surface area contributed by atoms with Crippen LogP contribution < -0.4 is 5.32 Å². The zero-order valence-corrected chi connectivity index (χ0v) is 6.72. The summed E-state index contributed by atoms with van der Waals surface area (Å²) in [5, 5.41) is 3.43. The standard InChI is InChI=1S/C8H13N3/c1-2-6-8-7(3-4-9-6)10-5-11-8/h5-6,9H,2-4H2,1H3,(H,10,11)/t6-/m0/s1. The van der Waals surface area contributed by atoms with Gasteiger partial charge in [-0.05, 0) is 6.42 Å². The summed E-state index contributed by atoms with van der Waals surface area (Å²) in [6.07, 6.45) is 4.00. The molecule has 0 radical (unpaired) electrons. The predicted molar refractivity (Wildman–Crippen MR) is 43.3 cm³/mol. The molecule has 11 heavy (non-hydrogen) atoms. The van der Waals surface area contributed by atoms with Gasteiger partial charge in [0.25, 0.3) is 0 Å². The molecular formula is C8H13N3. The minimum atomic E-state index is 0.477. The average molecular weight is 151 g/mol. The molecule has 0 bridgehead atoms. The third kappa shape index (κ3) is 1.05. The van der Waals surface area contributed by atoms with Gasteiger partial charge in [0.2, 0.25) is 0 Å². The van der Waals surface area contributed by atoms with E-state index < -0.39 is 0 Å². The number of H-pyrrole nitrogens is 1. The third-order valence-corrected chi connectivity index (χ3v) is 2.26. The molecule has 0 unspecified atom stereocenters. The summed E-state index contributed by atoms with van der Waals surface area (Å²) >= 11 is 0. The highest BCUT2D eigenvalue weighted by Crippen LogP contribution is 2.20. The van der Waals surface area contributed by atoms with Crippen LogP contribution in [0.3, 0.4) is 0 Å². The quantitative estimate of drug-likeness (QED) is 0.628. The Labute approximate surface area is 66.2 Å². The zero-order valence-electron chi connectivity index (χ0n) is 6.72. The van der Waals surface area contributed by atoms with Crippen molar-refractivity contribution in [1.82, 2.24) is 15.3 Å². The molecule has 0 amide bonds. The topological polar surface area (TPSA) is 40.7 Å². The maximum Gasteiger partial charge on any atom is 0.0925 e. The number of hydrogen-bond donors (Lipinski definition) is 2. The molecule has 0 saturated heterocycles. The number of fused-ring (bicyclic) bond motifs is 1. The highest BCUT2D eigenvalue weighted by Gasteiger charge is 2.19. The highest BCUT2D eigenvalue weighted by atomic mass is 15.0. The van der Waals surface area contributed by atoms with Crippen LogP contribution in [0.15, 0.2) is 6.33 Å². The first-order valence-corrected chi connectivity index (χ1v) is 4.17. The number of rotatable bonds is 1. The SMILES string of the molecule is CC[C@@H]1NCCc2[nH]cnc21. The third-order valence-electron chi connectivity index (χ3n) is 2.26. The van der Waals surface area contributed by atoms with Gasteiger partial charge in [-0.15, -0.1) is 0 Å². The van der Waals surface area contributed by atoms with Crippen molar-refractivity contribution in [3.63, 3.8) is 0 Å². The van der Waals surface area contributed by atoms with Gasteiger partial charge in [-0.2, -0.15) is 0 Å². The number of aromatic amines is 1. The molecule has 2 rings (SSSR count). The fraction of sp³-hybridized carbons (Fsp3) is 0.625. The molecule has 0 fully saturated rings. The molecule has 2 N–H and O–H groups in total. The summed E-state index contributed by atoms with van der Waals surface area (Å²) in [7, 11) is 0. The summed E-state index contributed by atoms with van der Waals surface area (Å²) in [5.41, 5.74) is 2.54. The van der Waals surface area contributed by atoms with Crippen molar-refractivity contribution >= 4 is 0 Å². The monoisotopic (exact) mass is 151 g/mol. The molecule has 0 aliphatic carbocycles. The minimum Gasteiger partial charge on any atom is -0.348 e. The van der Waals surface area contributed by atoms with E-state index in [0.717, 1.165) is 19.4 Å². The lowest BCUT2D eigenvalue weighted by atomic mass is 10.0. The van der Waals surface area contributed by atoms with Crippen molar-refractivity contribution in [1.29, 1.82) is 0 Å². The smallest absolute Gasteiger partial charge is 0.0925 e. The van der Waals surface area contributed by atoms with Crippen LogP contribution in [0.25, 0.3) is 0 Å². The largest absolute Gasteiger partial charge is 0.348 e. The van der Waals surface area contributed by atoms with Crippen LogP contribution in [0.1, 0.15) is 30.8 Å². The molecule has 3 nitrogen and oxygen atoms in total. The van der Waals surface area contributed by atoms with Crippen molar-refractivity contribution in [2.75, 3.05) is 6.54 Å². The maximum absolute atomic E-state index is 4.29. The van der Waals surface area contributed by atoms with Crippen LogP contribution in [-0.2, 0) is 6.42 Å². The van der Waals surface area contributed by atoms with E-state index in [1.54, 1.807) is 6.33 Å². The molecule has 2 heterocycles. The van der Waals surface area contributed by atoms with Crippen LogP contribution in [-0.4, -0.2) is 16.5 Å². The van der Waals surface area contributed by atoms with Crippen molar-refractivity contribution in [3.8, 4) is 0 Å². The first kappa shape index (κ1) is 6.85. The van der Waals surface area contributed by atoms with Gasteiger partial charge in [0.15, 0.2) is 0 Å². The first-order valence-electron chi connectivity index (χ1n) is 4.17. The van der Waals surface area contributed by atoms with Crippen molar-refractivity contribution < 1.29 is 0 Å². The van der Waals surface area contributed by atoms with Crippen molar-refractivity contribution in [3.05, 3.63) is 17.7 Å². The Hall–Kier alpha value is -0.830. The molecule has 1 atom stereocenters. The summed E-state index contributed by atoms with van der Waals surface area (Å²) in [4.78, 5) is 7.46. The molecule has 0 aromatic carbocycles. The normalized spacial score (nSPS) is 23.2. The number of nitrogens with zero attached hydrogens (tertiary/aromatic N) is 1. The Balaban J connectivity index is 2.32. The number of hydrogen-bond acceptors (Lipinski definition) is 2. The molecular weight excluding hydrogens is 138 g/mol. The summed E-state index contributed by atoms with van der Waals surface area (Å²) in [6.45, 7) is 3.26. The van der Waals surface area contributed by atoms with Crippen LogP contribution in [0.4, 0.5) is 0 Å². The molecule has 0 spiro atoms. The van der Waals surface area contributed by atoms with E-state index >= 15 is 0 Å². The van der Waals surface area contributed by atoms with Gasteiger partial charge in [-0.1, -0.05) is 6.92 Å². The van der Waals surface area contributed by atoms with Gasteiger partial charge in [-0.25, -0.2) is 4.98 Å². The van der Waals surface area contributed by atoms with Crippen LogP contribution >= 0.6 is 0 Å². The lowest BCUT2D eigenvalue weighted by Gasteiger charge is -2.21. The molecule has 3 heteroatoms. The van der Waals surface area contributed by atoms with E-state index in [2.05, 4.69) is 22.2 Å². The molecule has 60 valence electrons. The second-order valence-corrected chi connectivity index (χ2v) is 2.93. The van der Waals surface area contributed by atoms with Crippen LogP contribution in [0, 0.1) is 0 Å². The number of aromatic nitrogens is 2.